The average molecular weight is 259 g/mol. The van der Waals surface area contributed by atoms with Crippen LogP contribution in [-0.2, 0) is 4.74 Å². The standard InChI is InChI=1S/C16H21NO2/c1-10(2)16-8-13(16)11(3)14(9-16)19-15(18)12-4-6-17-7-5-12/h4-7,10-11,13-14H,8-9H2,1-3H3. The summed E-state index contributed by atoms with van der Waals surface area (Å²) in [5.74, 6) is 1.72. The van der Waals surface area contributed by atoms with Gasteiger partial charge in [0.05, 0.1) is 5.56 Å². The van der Waals surface area contributed by atoms with E-state index in [0.717, 1.165) is 12.3 Å². The Kier molecular flexibility index (Phi) is 2.88. The summed E-state index contributed by atoms with van der Waals surface area (Å²) in [6.45, 7) is 6.81. The molecule has 0 saturated heterocycles. The van der Waals surface area contributed by atoms with Gasteiger partial charge in [-0.3, -0.25) is 4.98 Å². The lowest BCUT2D eigenvalue weighted by Gasteiger charge is -2.22. The summed E-state index contributed by atoms with van der Waals surface area (Å²) in [6.07, 6.45) is 5.69. The molecule has 2 fully saturated rings. The summed E-state index contributed by atoms with van der Waals surface area (Å²) in [5.41, 5.74) is 1.05. The second-order valence-corrected chi connectivity index (χ2v) is 6.44. The van der Waals surface area contributed by atoms with Gasteiger partial charge in [0.2, 0.25) is 0 Å². The van der Waals surface area contributed by atoms with Gasteiger partial charge in [-0.15, -0.1) is 0 Å². The molecule has 0 bridgehead atoms. The second-order valence-electron chi connectivity index (χ2n) is 6.44. The van der Waals surface area contributed by atoms with Crippen LogP contribution in [0.25, 0.3) is 0 Å². The van der Waals surface area contributed by atoms with Crippen LogP contribution in [0.5, 0.6) is 0 Å². The first-order valence-electron chi connectivity index (χ1n) is 7.15. The van der Waals surface area contributed by atoms with Crippen LogP contribution in [0.4, 0.5) is 0 Å². The highest BCUT2D eigenvalue weighted by Crippen LogP contribution is 2.70. The topological polar surface area (TPSA) is 39.2 Å². The van der Waals surface area contributed by atoms with E-state index in [-0.39, 0.29) is 12.1 Å². The van der Waals surface area contributed by atoms with Crippen LogP contribution in [-0.4, -0.2) is 17.1 Å². The van der Waals surface area contributed by atoms with E-state index < -0.39 is 0 Å². The van der Waals surface area contributed by atoms with E-state index in [1.807, 2.05) is 0 Å². The van der Waals surface area contributed by atoms with Crippen molar-refractivity contribution in [2.75, 3.05) is 0 Å². The van der Waals surface area contributed by atoms with Gasteiger partial charge in [0.1, 0.15) is 6.10 Å². The van der Waals surface area contributed by atoms with Crippen LogP contribution in [0.3, 0.4) is 0 Å². The fourth-order valence-corrected chi connectivity index (χ4v) is 3.86. The Balaban J connectivity index is 1.68. The number of carbonyl (C=O) groups excluding carboxylic acids is 1. The van der Waals surface area contributed by atoms with Gasteiger partial charge in [-0.25, -0.2) is 4.79 Å². The van der Waals surface area contributed by atoms with Gasteiger partial charge < -0.3 is 4.74 Å². The molecule has 0 aromatic carbocycles. The third-order valence-corrected chi connectivity index (χ3v) is 5.30. The summed E-state index contributed by atoms with van der Waals surface area (Å²) >= 11 is 0. The largest absolute Gasteiger partial charge is 0.458 e. The molecule has 4 atom stereocenters. The minimum atomic E-state index is -0.209. The second kappa shape index (κ2) is 4.32. The van der Waals surface area contributed by atoms with Gasteiger partial charge in [0.15, 0.2) is 0 Å². The number of pyridine rings is 1. The number of hydrogen-bond acceptors (Lipinski definition) is 3. The number of esters is 1. The Labute approximate surface area is 114 Å². The van der Waals surface area contributed by atoms with Gasteiger partial charge in [-0.2, -0.15) is 0 Å². The van der Waals surface area contributed by atoms with Crippen molar-refractivity contribution in [3.63, 3.8) is 0 Å². The fourth-order valence-electron chi connectivity index (χ4n) is 3.86. The smallest absolute Gasteiger partial charge is 0.338 e. The molecule has 1 heterocycles. The van der Waals surface area contributed by atoms with Crippen molar-refractivity contribution < 1.29 is 9.53 Å². The van der Waals surface area contributed by atoms with E-state index in [9.17, 15) is 4.79 Å². The van der Waals surface area contributed by atoms with Gasteiger partial charge in [-0.05, 0) is 48.1 Å². The molecule has 0 aliphatic heterocycles. The number of aromatic nitrogens is 1. The van der Waals surface area contributed by atoms with Crippen molar-refractivity contribution in [3.8, 4) is 0 Å². The first kappa shape index (κ1) is 12.6. The van der Waals surface area contributed by atoms with E-state index in [1.165, 1.54) is 6.42 Å². The lowest BCUT2D eigenvalue weighted by Crippen LogP contribution is -2.24. The molecule has 19 heavy (non-hydrogen) atoms. The van der Waals surface area contributed by atoms with E-state index >= 15 is 0 Å². The lowest BCUT2D eigenvalue weighted by molar-refractivity contribution is 0.0159. The molecule has 0 amide bonds. The molecule has 1 aromatic rings. The predicted octanol–water partition coefficient (Wildman–Crippen LogP) is 3.31. The van der Waals surface area contributed by atoms with Gasteiger partial charge >= 0.3 is 5.97 Å². The molecule has 2 aliphatic carbocycles. The Hall–Kier alpha value is -1.38. The molecule has 0 N–H and O–H groups in total. The van der Waals surface area contributed by atoms with Crippen LogP contribution in [0.15, 0.2) is 24.5 Å². The number of rotatable bonds is 3. The third kappa shape index (κ3) is 1.96. The summed E-state index contributed by atoms with van der Waals surface area (Å²) in [5, 5.41) is 0. The normalized spacial score (nSPS) is 36.1. The predicted molar refractivity (Wildman–Crippen MR) is 72.6 cm³/mol. The first-order valence-corrected chi connectivity index (χ1v) is 7.15. The van der Waals surface area contributed by atoms with Gasteiger partial charge in [-0.1, -0.05) is 20.8 Å². The molecule has 4 unspecified atom stereocenters. The Morgan fingerprint density at radius 2 is 2.05 bits per heavy atom. The number of nitrogens with zero attached hydrogens (tertiary/aromatic N) is 1. The van der Waals surface area contributed by atoms with Crippen molar-refractivity contribution in [3.05, 3.63) is 30.1 Å². The van der Waals surface area contributed by atoms with Crippen molar-refractivity contribution in [1.29, 1.82) is 0 Å². The highest BCUT2D eigenvalue weighted by Gasteiger charge is 2.65. The molecule has 102 valence electrons. The molecular formula is C16H21NO2. The van der Waals surface area contributed by atoms with E-state index in [4.69, 9.17) is 4.74 Å². The summed E-state index contributed by atoms with van der Waals surface area (Å²) < 4.78 is 5.72. The molecular weight excluding hydrogens is 238 g/mol. The molecule has 0 radical (unpaired) electrons. The summed E-state index contributed by atoms with van der Waals surface area (Å²) in [7, 11) is 0. The Morgan fingerprint density at radius 3 is 2.63 bits per heavy atom. The number of fused-ring (bicyclic) bond motifs is 1. The molecule has 0 spiro atoms. The lowest BCUT2D eigenvalue weighted by atomic mass is 9.89. The quantitative estimate of drug-likeness (QED) is 0.782. The zero-order valence-electron chi connectivity index (χ0n) is 11.8. The fraction of sp³-hybridized carbons (Fsp3) is 0.625. The van der Waals surface area contributed by atoms with Gasteiger partial charge in [0.25, 0.3) is 0 Å². The minimum Gasteiger partial charge on any atom is -0.458 e. The first-order chi connectivity index (χ1) is 9.04. The van der Waals surface area contributed by atoms with Crippen LogP contribution in [0, 0.1) is 23.2 Å². The monoisotopic (exact) mass is 259 g/mol. The number of carbonyl (C=O) groups is 1. The van der Waals surface area contributed by atoms with Crippen molar-refractivity contribution >= 4 is 5.97 Å². The molecule has 2 aliphatic rings. The van der Waals surface area contributed by atoms with Crippen molar-refractivity contribution in [2.45, 2.75) is 39.7 Å². The number of hydrogen-bond donors (Lipinski definition) is 0. The van der Waals surface area contributed by atoms with Gasteiger partial charge in [0, 0.05) is 12.4 Å². The maximum atomic E-state index is 12.1. The van der Waals surface area contributed by atoms with Crippen LogP contribution in [0.1, 0.15) is 44.0 Å². The van der Waals surface area contributed by atoms with Crippen LogP contribution in [0.2, 0.25) is 0 Å². The Morgan fingerprint density at radius 1 is 1.37 bits per heavy atom. The van der Waals surface area contributed by atoms with Crippen LogP contribution < -0.4 is 0 Å². The minimum absolute atomic E-state index is 0.0850. The average Bonchev–Trinajstić information content (AvgIpc) is 3.08. The molecule has 2 saturated carbocycles. The Bertz CT molecular complexity index is 485. The van der Waals surface area contributed by atoms with E-state index in [0.29, 0.717) is 22.8 Å². The molecule has 3 heteroatoms. The summed E-state index contributed by atoms with van der Waals surface area (Å²) in [6, 6.07) is 3.42. The third-order valence-electron chi connectivity index (χ3n) is 5.30. The molecule has 3 rings (SSSR count). The highest BCUT2D eigenvalue weighted by molar-refractivity contribution is 5.89. The summed E-state index contributed by atoms with van der Waals surface area (Å²) in [4.78, 5) is 16.0. The van der Waals surface area contributed by atoms with Crippen molar-refractivity contribution in [1.82, 2.24) is 4.98 Å². The van der Waals surface area contributed by atoms with Crippen LogP contribution >= 0.6 is 0 Å². The SMILES string of the molecule is CC1C(OC(=O)c2ccncc2)CC2(C(C)C)CC12. The van der Waals surface area contributed by atoms with E-state index in [1.54, 1.807) is 24.5 Å². The number of ether oxygens (including phenoxy) is 1. The zero-order valence-corrected chi connectivity index (χ0v) is 11.8. The highest BCUT2D eigenvalue weighted by atomic mass is 16.5. The molecule has 3 nitrogen and oxygen atoms in total. The van der Waals surface area contributed by atoms with Crippen molar-refractivity contribution in [2.24, 2.45) is 23.2 Å². The maximum absolute atomic E-state index is 12.1. The zero-order chi connectivity index (χ0) is 13.6. The van der Waals surface area contributed by atoms with E-state index in [2.05, 4.69) is 25.8 Å². The molecule has 1 aromatic heterocycles. The maximum Gasteiger partial charge on any atom is 0.338 e.